The number of benzene rings is 2. The first-order chi connectivity index (χ1) is 16.2. The number of esters is 1. The van der Waals surface area contributed by atoms with Crippen molar-refractivity contribution in [1.82, 2.24) is 14.8 Å². The number of aliphatic imine (C=N–C) groups is 1. The fourth-order valence-corrected chi connectivity index (χ4v) is 3.26. The lowest BCUT2D eigenvalue weighted by Gasteiger charge is -2.14. The van der Waals surface area contributed by atoms with Crippen molar-refractivity contribution in [1.29, 1.82) is 0 Å². The molecule has 0 saturated carbocycles. The molecule has 8 nitrogen and oxygen atoms in total. The Labute approximate surface area is 192 Å². The van der Waals surface area contributed by atoms with Crippen LogP contribution in [0.5, 0.6) is 5.75 Å². The van der Waals surface area contributed by atoms with E-state index in [-0.39, 0.29) is 18.3 Å². The number of carbonyl (C=O) groups is 1. The number of hydrogen-bond donors (Lipinski definition) is 0. The summed E-state index contributed by atoms with van der Waals surface area (Å²) in [6.07, 6.45) is -3.18. The average molecular weight is 472 g/mol. The van der Waals surface area contributed by atoms with Crippen LogP contribution in [0.3, 0.4) is 0 Å². The largest absolute Gasteiger partial charge is 0.573 e. The maximum absolute atomic E-state index is 12.3. The number of aryl methyl sites for hydroxylation is 1. The standard InChI is InChI=1S/C23H19F3N4O4/c1-14-28-20(29-30(14)12-15-4-3-5-17(10-15)22(31)32-2)21-27-11-18(13-33-21)16-6-8-19(9-7-16)34-23(24,25)26/h3-11H,12-13H2,1-2H3. The quantitative estimate of drug-likeness (QED) is 0.501. The summed E-state index contributed by atoms with van der Waals surface area (Å²) < 4.78 is 52.9. The Morgan fingerprint density at radius 1 is 1.18 bits per heavy atom. The maximum atomic E-state index is 12.3. The zero-order valence-corrected chi connectivity index (χ0v) is 18.2. The van der Waals surface area contributed by atoms with E-state index in [1.54, 1.807) is 36.0 Å². The van der Waals surface area contributed by atoms with Crippen molar-refractivity contribution in [2.45, 2.75) is 19.8 Å². The second kappa shape index (κ2) is 9.38. The van der Waals surface area contributed by atoms with Crippen molar-refractivity contribution in [3.05, 3.63) is 83.1 Å². The van der Waals surface area contributed by atoms with Crippen molar-refractivity contribution < 1.29 is 32.2 Å². The smallest absolute Gasteiger partial charge is 0.470 e. The second-order valence-electron chi connectivity index (χ2n) is 7.28. The topological polar surface area (TPSA) is 87.8 Å². The molecule has 0 unspecified atom stereocenters. The Morgan fingerprint density at radius 3 is 2.59 bits per heavy atom. The van der Waals surface area contributed by atoms with Gasteiger partial charge >= 0.3 is 12.3 Å². The molecule has 0 fully saturated rings. The molecule has 4 rings (SSSR count). The van der Waals surface area contributed by atoms with Crippen molar-refractivity contribution in [2.24, 2.45) is 4.99 Å². The minimum absolute atomic E-state index is 0.146. The van der Waals surface area contributed by atoms with Gasteiger partial charge in [-0.3, -0.25) is 0 Å². The highest BCUT2D eigenvalue weighted by Gasteiger charge is 2.31. The molecule has 1 aliphatic heterocycles. The van der Waals surface area contributed by atoms with Crippen LogP contribution >= 0.6 is 0 Å². The fraction of sp³-hybridized carbons (Fsp3) is 0.217. The van der Waals surface area contributed by atoms with Crippen LogP contribution in [-0.4, -0.2) is 46.7 Å². The lowest BCUT2D eigenvalue weighted by Crippen LogP contribution is -2.17. The Balaban J connectivity index is 1.48. The first-order valence-electron chi connectivity index (χ1n) is 10.1. The monoisotopic (exact) mass is 472 g/mol. The van der Waals surface area contributed by atoms with Gasteiger partial charge in [0.1, 0.15) is 18.2 Å². The van der Waals surface area contributed by atoms with Gasteiger partial charge < -0.3 is 14.2 Å². The molecule has 176 valence electrons. The summed E-state index contributed by atoms with van der Waals surface area (Å²) in [6, 6.07) is 12.5. The maximum Gasteiger partial charge on any atom is 0.573 e. The molecule has 0 atom stereocenters. The number of halogens is 3. The number of ether oxygens (including phenoxy) is 3. The minimum atomic E-state index is -4.74. The summed E-state index contributed by atoms with van der Waals surface area (Å²) in [5, 5.41) is 4.45. The number of carbonyl (C=O) groups excluding carboxylic acids is 1. The van der Waals surface area contributed by atoms with Gasteiger partial charge in [0, 0.05) is 11.8 Å². The fourth-order valence-electron chi connectivity index (χ4n) is 3.26. The van der Waals surface area contributed by atoms with Crippen molar-refractivity contribution in [2.75, 3.05) is 13.7 Å². The molecule has 2 aromatic carbocycles. The molecule has 0 amide bonds. The molecule has 11 heteroatoms. The van der Waals surface area contributed by atoms with Crippen LogP contribution in [0, 0.1) is 6.92 Å². The van der Waals surface area contributed by atoms with Gasteiger partial charge in [0.15, 0.2) is 0 Å². The van der Waals surface area contributed by atoms with Crippen LogP contribution < -0.4 is 4.74 Å². The number of alkyl halides is 3. The second-order valence-corrected chi connectivity index (χ2v) is 7.28. The summed E-state index contributed by atoms with van der Waals surface area (Å²) in [7, 11) is 1.32. The molecular weight excluding hydrogens is 453 g/mol. The number of hydrogen-bond acceptors (Lipinski definition) is 7. The van der Waals surface area contributed by atoms with Gasteiger partial charge in [0.2, 0.25) is 5.82 Å². The van der Waals surface area contributed by atoms with E-state index in [9.17, 15) is 18.0 Å². The molecule has 2 heterocycles. The van der Waals surface area contributed by atoms with Crippen LogP contribution in [0.25, 0.3) is 5.57 Å². The normalized spacial score (nSPS) is 13.6. The van der Waals surface area contributed by atoms with E-state index in [1.165, 1.54) is 31.4 Å². The third-order valence-corrected chi connectivity index (χ3v) is 4.89. The molecule has 1 aliphatic rings. The van der Waals surface area contributed by atoms with E-state index in [0.717, 1.165) is 5.56 Å². The van der Waals surface area contributed by atoms with Crippen molar-refractivity contribution in [3.63, 3.8) is 0 Å². The number of rotatable bonds is 6. The molecule has 0 saturated heterocycles. The highest BCUT2D eigenvalue weighted by atomic mass is 19.4. The van der Waals surface area contributed by atoms with Gasteiger partial charge in [0.25, 0.3) is 5.90 Å². The van der Waals surface area contributed by atoms with E-state index in [2.05, 4.69) is 19.8 Å². The molecule has 0 bridgehead atoms. The SMILES string of the molecule is COC(=O)c1cccc(Cn2nc(C3=NC=C(c4ccc(OC(F)(F)F)cc4)CO3)nc2C)c1. The predicted octanol–water partition coefficient (Wildman–Crippen LogP) is 4.14. The average Bonchev–Trinajstić information content (AvgIpc) is 3.18. The van der Waals surface area contributed by atoms with Gasteiger partial charge in [-0.2, -0.15) is 0 Å². The summed E-state index contributed by atoms with van der Waals surface area (Å²) >= 11 is 0. The zero-order chi connectivity index (χ0) is 24.3. The molecule has 34 heavy (non-hydrogen) atoms. The highest BCUT2D eigenvalue weighted by Crippen LogP contribution is 2.26. The molecule has 0 aliphatic carbocycles. The van der Waals surface area contributed by atoms with Crippen LogP contribution in [-0.2, 0) is 16.0 Å². The molecule has 0 N–H and O–H groups in total. The van der Waals surface area contributed by atoms with Gasteiger partial charge in [-0.05, 0) is 42.3 Å². The summed E-state index contributed by atoms with van der Waals surface area (Å²) in [5.41, 5.74) is 2.61. The lowest BCUT2D eigenvalue weighted by molar-refractivity contribution is -0.274. The number of methoxy groups -OCH3 is 1. The lowest BCUT2D eigenvalue weighted by atomic mass is 10.1. The summed E-state index contributed by atoms with van der Waals surface area (Å²) in [5.74, 6) is 0.421. The zero-order valence-electron chi connectivity index (χ0n) is 18.2. The van der Waals surface area contributed by atoms with Gasteiger partial charge in [0.05, 0.1) is 19.2 Å². The summed E-state index contributed by atoms with van der Waals surface area (Å²) in [4.78, 5) is 20.4. The van der Waals surface area contributed by atoms with Crippen LogP contribution in [0.15, 0.2) is 59.7 Å². The Hall–Kier alpha value is -4.15. The van der Waals surface area contributed by atoms with Gasteiger partial charge in [-0.15, -0.1) is 18.3 Å². The number of aromatic nitrogens is 3. The predicted molar refractivity (Wildman–Crippen MR) is 115 cm³/mol. The molecular formula is C23H19F3N4O4. The van der Waals surface area contributed by atoms with E-state index in [1.807, 2.05) is 6.07 Å². The van der Waals surface area contributed by atoms with Crippen LogP contribution in [0.4, 0.5) is 13.2 Å². The first kappa shape index (κ1) is 23.0. The van der Waals surface area contributed by atoms with E-state index >= 15 is 0 Å². The van der Waals surface area contributed by atoms with Gasteiger partial charge in [-0.1, -0.05) is 24.3 Å². The van der Waals surface area contributed by atoms with Crippen molar-refractivity contribution >= 4 is 17.4 Å². The third-order valence-electron chi connectivity index (χ3n) is 4.89. The van der Waals surface area contributed by atoms with E-state index < -0.39 is 12.3 Å². The Kier molecular flexibility index (Phi) is 6.35. The third kappa shape index (κ3) is 5.42. The van der Waals surface area contributed by atoms with E-state index in [0.29, 0.717) is 34.9 Å². The van der Waals surface area contributed by atoms with Crippen LogP contribution in [0.1, 0.15) is 33.1 Å². The molecule has 0 radical (unpaired) electrons. The van der Waals surface area contributed by atoms with E-state index in [4.69, 9.17) is 9.47 Å². The number of nitrogens with zero attached hydrogens (tertiary/aromatic N) is 4. The summed E-state index contributed by atoms with van der Waals surface area (Å²) in [6.45, 7) is 2.31. The Morgan fingerprint density at radius 2 is 1.94 bits per heavy atom. The molecule has 3 aromatic rings. The van der Waals surface area contributed by atoms with Crippen molar-refractivity contribution in [3.8, 4) is 5.75 Å². The molecule has 0 spiro atoms. The van der Waals surface area contributed by atoms with Gasteiger partial charge in [-0.25, -0.2) is 19.5 Å². The minimum Gasteiger partial charge on any atom is -0.470 e. The highest BCUT2D eigenvalue weighted by molar-refractivity contribution is 5.93. The first-order valence-corrected chi connectivity index (χ1v) is 10.1. The molecule has 1 aromatic heterocycles. The van der Waals surface area contributed by atoms with Crippen LogP contribution in [0.2, 0.25) is 0 Å². The Bertz CT molecular complexity index is 1260.